The molecule has 4 rings (SSSR count). The molecule has 8 heteroatoms. The number of aromatic nitrogens is 1. The molecule has 148 valence electrons. The fourth-order valence-corrected chi connectivity index (χ4v) is 2.88. The number of fused-ring (bicyclic) bond motifs is 1. The Morgan fingerprint density at radius 1 is 1.10 bits per heavy atom. The number of nitro groups is 1. The van der Waals surface area contributed by atoms with Gasteiger partial charge in [0.15, 0.2) is 5.58 Å². The summed E-state index contributed by atoms with van der Waals surface area (Å²) in [5.41, 5.74) is 2.52. The van der Waals surface area contributed by atoms with Crippen molar-refractivity contribution in [2.45, 2.75) is 0 Å². The van der Waals surface area contributed by atoms with E-state index >= 15 is 0 Å². The summed E-state index contributed by atoms with van der Waals surface area (Å²) in [5, 5.41) is 23.8. The lowest BCUT2D eigenvalue weighted by atomic mass is 10.1. The summed E-state index contributed by atoms with van der Waals surface area (Å²) in [4.78, 5) is 26.8. The molecule has 1 heterocycles. The van der Waals surface area contributed by atoms with Gasteiger partial charge in [0.25, 0.3) is 5.69 Å². The van der Waals surface area contributed by atoms with E-state index in [4.69, 9.17) is 4.42 Å². The van der Waals surface area contributed by atoms with Gasteiger partial charge in [-0.05, 0) is 35.9 Å². The van der Waals surface area contributed by atoms with Gasteiger partial charge in [-0.2, -0.15) is 0 Å². The summed E-state index contributed by atoms with van der Waals surface area (Å²) in [6, 6.07) is 17.8. The summed E-state index contributed by atoms with van der Waals surface area (Å²) in [7, 11) is 0. The van der Waals surface area contributed by atoms with E-state index in [9.17, 15) is 20.0 Å². The molecule has 0 bridgehead atoms. The number of rotatable bonds is 5. The Hall–Kier alpha value is -4.46. The maximum absolute atomic E-state index is 12.1. The molecule has 8 nitrogen and oxygen atoms in total. The van der Waals surface area contributed by atoms with Crippen LogP contribution in [-0.4, -0.2) is 20.9 Å². The first-order valence-electron chi connectivity index (χ1n) is 8.92. The number of benzene rings is 3. The molecule has 0 aliphatic heterocycles. The van der Waals surface area contributed by atoms with Gasteiger partial charge in [0.1, 0.15) is 11.3 Å². The largest absolute Gasteiger partial charge is 0.507 e. The zero-order valence-electron chi connectivity index (χ0n) is 15.5. The Kier molecular flexibility index (Phi) is 4.96. The van der Waals surface area contributed by atoms with E-state index in [1.165, 1.54) is 30.4 Å². The van der Waals surface area contributed by atoms with Crippen LogP contribution in [0.15, 0.2) is 77.2 Å². The number of nitrogens with one attached hydrogen (secondary N) is 1. The quantitative estimate of drug-likeness (QED) is 0.283. The topological polar surface area (TPSA) is 118 Å². The van der Waals surface area contributed by atoms with Crippen LogP contribution >= 0.6 is 0 Å². The molecule has 0 aliphatic rings. The predicted molar refractivity (Wildman–Crippen MR) is 112 cm³/mol. The van der Waals surface area contributed by atoms with E-state index < -0.39 is 10.8 Å². The fraction of sp³-hybridized carbons (Fsp3) is 0. The SMILES string of the molecule is O=C(C=Cc1cccc([N+](=O)[O-])c1)Nc1ccc(-c2nc3ccccc3o2)c(O)c1. The summed E-state index contributed by atoms with van der Waals surface area (Å²) in [5.74, 6) is -0.269. The monoisotopic (exact) mass is 401 g/mol. The number of amides is 1. The number of nitrogens with zero attached hydrogens (tertiary/aromatic N) is 2. The highest BCUT2D eigenvalue weighted by atomic mass is 16.6. The molecule has 30 heavy (non-hydrogen) atoms. The normalized spacial score (nSPS) is 11.1. The number of para-hydroxylation sites is 2. The van der Waals surface area contributed by atoms with Crippen LogP contribution in [0, 0.1) is 10.1 Å². The molecule has 0 aliphatic carbocycles. The lowest BCUT2D eigenvalue weighted by Gasteiger charge is -2.05. The van der Waals surface area contributed by atoms with Gasteiger partial charge in [-0.25, -0.2) is 4.98 Å². The number of oxazole rings is 1. The third-order valence-corrected chi connectivity index (χ3v) is 4.30. The number of nitro benzene ring substituents is 1. The number of carbonyl (C=O) groups is 1. The highest BCUT2D eigenvalue weighted by molar-refractivity contribution is 6.02. The number of aromatic hydroxyl groups is 1. The van der Waals surface area contributed by atoms with Crippen LogP contribution in [0.5, 0.6) is 5.75 Å². The highest BCUT2D eigenvalue weighted by Gasteiger charge is 2.13. The Morgan fingerprint density at radius 3 is 2.70 bits per heavy atom. The predicted octanol–water partition coefficient (Wildman–Crippen LogP) is 4.76. The van der Waals surface area contributed by atoms with E-state index in [0.717, 1.165) is 0 Å². The fourth-order valence-electron chi connectivity index (χ4n) is 2.88. The molecular formula is C22H15N3O5. The van der Waals surface area contributed by atoms with Gasteiger partial charge < -0.3 is 14.8 Å². The van der Waals surface area contributed by atoms with Crippen LogP contribution in [0.3, 0.4) is 0 Å². The third kappa shape index (κ3) is 4.02. The van der Waals surface area contributed by atoms with Crippen molar-refractivity contribution in [1.82, 2.24) is 4.98 Å². The smallest absolute Gasteiger partial charge is 0.270 e. The number of hydrogen-bond acceptors (Lipinski definition) is 6. The average Bonchev–Trinajstić information content (AvgIpc) is 3.16. The first-order chi connectivity index (χ1) is 14.5. The Morgan fingerprint density at radius 2 is 1.93 bits per heavy atom. The molecule has 4 aromatic rings. The summed E-state index contributed by atoms with van der Waals surface area (Å²) < 4.78 is 5.65. The molecule has 0 atom stereocenters. The van der Waals surface area contributed by atoms with E-state index in [-0.39, 0.29) is 17.3 Å². The molecule has 0 fully saturated rings. The Labute approximate surface area is 170 Å². The molecular weight excluding hydrogens is 386 g/mol. The molecule has 2 N–H and O–H groups in total. The van der Waals surface area contributed by atoms with E-state index in [0.29, 0.717) is 27.9 Å². The average molecular weight is 401 g/mol. The van der Waals surface area contributed by atoms with Crippen molar-refractivity contribution < 1.29 is 19.2 Å². The van der Waals surface area contributed by atoms with Gasteiger partial charge in [0.05, 0.1) is 10.5 Å². The number of phenolic OH excluding ortho intramolecular Hbond substituents is 1. The lowest BCUT2D eigenvalue weighted by molar-refractivity contribution is -0.384. The minimum Gasteiger partial charge on any atom is -0.507 e. The molecule has 0 radical (unpaired) electrons. The second kappa shape index (κ2) is 7.88. The Bertz CT molecular complexity index is 1260. The van der Waals surface area contributed by atoms with Crippen molar-refractivity contribution in [3.8, 4) is 17.2 Å². The first kappa shape index (κ1) is 18.9. The van der Waals surface area contributed by atoms with Gasteiger partial charge in [-0.1, -0.05) is 24.3 Å². The first-order valence-corrected chi connectivity index (χ1v) is 8.92. The summed E-state index contributed by atoms with van der Waals surface area (Å²) in [6.45, 7) is 0. The van der Waals surface area contributed by atoms with Gasteiger partial charge in [-0.3, -0.25) is 14.9 Å². The summed E-state index contributed by atoms with van der Waals surface area (Å²) >= 11 is 0. The second-order valence-corrected chi connectivity index (χ2v) is 6.39. The number of carbonyl (C=O) groups excluding carboxylic acids is 1. The Balaban J connectivity index is 1.48. The van der Waals surface area contributed by atoms with Crippen molar-refractivity contribution in [2.24, 2.45) is 0 Å². The molecule has 3 aromatic carbocycles. The molecule has 0 saturated heterocycles. The number of non-ortho nitro benzene ring substituents is 1. The van der Waals surface area contributed by atoms with Crippen molar-refractivity contribution in [2.75, 3.05) is 5.32 Å². The second-order valence-electron chi connectivity index (χ2n) is 6.39. The van der Waals surface area contributed by atoms with Crippen LogP contribution in [-0.2, 0) is 4.79 Å². The highest BCUT2D eigenvalue weighted by Crippen LogP contribution is 2.33. The van der Waals surface area contributed by atoms with Gasteiger partial charge in [0, 0.05) is 30.0 Å². The molecule has 0 spiro atoms. The lowest BCUT2D eigenvalue weighted by Crippen LogP contribution is -2.07. The summed E-state index contributed by atoms with van der Waals surface area (Å²) in [6.07, 6.45) is 2.72. The van der Waals surface area contributed by atoms with Crippen LogP contribution in [0.4, 0.5) is 11.4 Å². The molecule has 1 amide bonds. The van der Waals surface area contributed by atoms with Crippen LogP contribution in [0.2, 0.25) is 0 Å². The van der Waals surface area contributed by atoms with Gasteiger partial charge in [0.2, 0.25) is 11.8 Å². The maximum Gasteiger partial charge on any atom is 0.270 e. The zero-order valence-corrected chi connectivity index (χ0v) is 15.5. The zero-order chi connectivity index (χ0) is 21.1. The number of phenols is 1. The van der Waals surface area contributed by atoms with Crippen molar-refractivity contribution in [3.63, 3.8) is 0 Å². The number of hydrogen-bond donors (Lipinski definition) is 2. The van der Waals surface area contributed by atoms with Crippen LogP contribution in [0.1, 0.15) is 5.56 Å². The third-order valence-electron chi connectivity index (χ3n) is 4.30. The minimum atomic E-state index is -0.501. The molecule has 0 unspecified atom stereocenters. The van der Waals surface area contributed by atoms with Crippen molar-refractivity contribution in [3.05, 3.63) is 88.5 Å². The van der Waals surface area contributed by atoms with Crippen LogP contribution in [0.25, 0.3) is 28.6 Å². The van der Waals surface area contributed by atoms with Crippen molar-refractivity contribution in [1.29, 1.82) is 0 Å². The van der Waals surface area contributed by atoms with Gasteiger partial charge in [-0.15, -0.1) is 0 Å². The van der Waals surface area contributed by atoms with E-state index in [1.807, 2.05) is 18.2 Å². The van der Waals surface area contributed by atoms with Gasteiger partial charge >= 0.3 is 0 Å². The maximum atomic E-state index is 12.1. The van der Waals surface area contributed by atoms with Crippen molar-refractivity contribution >= 4 is 34.5 Å². The molecule has 1 aromatic heterocycles. The minimum absolute atomic E-state index is 0.0581. The van der Waals surface area contributed by atoms with E-state index in [1.54, 1.807) is 30.3 Å². The molecule has 0 saturated carbocycles. The standard InChI is InChI=1S/C22H15N3O5/c26-19-13-15(9-10-17(19)22-24-18-6-1-2-7-20(18)30-22)23-21(27)11-8-14-4-3-5-16(12-14)25(28)29/h1-13,26H,(H,23,27). The van der Waals surface area contributed by atoms with Crippen LogP contribution < -0.4 is 5.32 Å². The van der Waals surface area contributed by atoms with E-state index in [2.05, 4.69) is 10.3 Å². The number of anilines is 1.